The Morgan fingerprint density at radius 3 is 2.50 bits per heavy atom. The predicted octanol–water partition coefficient (Wildman–Crippen LogP) is 5.62. The first kappa shape index (κ1) is 20.8. The minimum Gasteiger partial charge on any atom is -0.489 e. The highest BCUT2D eigenvalue weighted by atomic mass is 35.5. The third-order valence-corrected chi connectivity index (χ3v) is 3.78. The van der Waals surface area contributed by atoms with Crippen LogP contribution < -0.4 is 10.1 Å². The number of rotatable bonds is 8. The first-order valence-electron chi connectivity index (χ1n) is 7.91. The minimum atomic E-state index is -0.240. The lowest BCUT2D eigenvalue weighted by Gasteiger charge is -2.13. The molecule has 2 nitrogen and oxygen atoms in total. The van der Waals surface area contributed by atoms with Gasteiger partial charge in [0.05, 0.1) is 0 Å². The highest BCUT2D eigenvalue weighted by Gasteiger charge is 2.06. The lowest BCUT2D eigenvalue weighted by Crippen LogP contribution is -2.17. The monoisotopic (exact) mass is 371 g/mol. The molecule has 0 spiro atoms. The fraction of sp³-hybridized carbons (Fsp3) is 0.368. The van der Waals surface area contributed by atoms with Gasteiger partial charge in [0, 0.05) is 17.1 Å². The van der Waals surface area contributed by atoms with Crippen LogP contribution in [0, 0.1) is 11.7 Å². The summed E-state index contributed by atoms with van der Waals surface area (Å²) in [5.74, 6) is 1.24. The molecule has 0 amide bonds. The third kappa shape index (κ3) is 7.08. The van der Waals surface area contributed by atoms with Gasteiger partial charge in [0.2, 0.25) is 0 Å². The van der Waals surface area contributed by atoms with Gasteiger partial charge < -0.3 is 10.1 Å². The van der Waals surface area contributed by atoms with Crippen LogP contribution in [0.15, 0.2) is 42.5 Å². The Morgan fingerprint density at radius 2 is 1.83 bits per heavy atom. The normalized spacial score (nSPS) is 10.5. The zero-order valence-electron chi connectivity index (χ0n) is 14.0. The zero-order chi connectivity index (χ0) is 16.7. The Bertz CT molecular complexity index is 617. The molecule has 0 bridgehead atoms. The summed E-state index contributed by atoms with van der Waals surface area (Å²) in [6.07, 6.45) is 1.13. The van der Waals surface area contributed by atoms with Crippen LogP contribution in [0.5, 0.6) is 5.75 Å². The van der Waals surface area contributed by atoms with Crippen molar-refractivity contribution < 1.29 is 9.13 Å². The highest BCUT2D eigenvalue weighted by Crippen LogP contribution is 2.24. The smallest absolute Gasteiger partial charge is 0.124 e. The molecule has 0 aliphatic carbocycles. The van der Waals surface area contributed by atoms with Gasteiger partial charge in [0.15, 0.2) is 0 Å². The van der Waals surface area contributed by atoms with E-state index in [1.807, 2.05) is 18.2 Å². The number of halogens is 3. The van der Waals surface area contributed by atoms with E-state index in [0.29, 0.717) is 24.1 Å². The number of benzene rings is 2. The third-order valence-electron chi connectivity index (χ3n) is 3.54. The fourth-order valence-electron chi connectivity index (χ4n) is 2.18. The first-order chi connectivity index (χ1) is 11.0. The van der Waals surface area contributed by atoms with Crippen molar-refractivity contribution in [1.29, 1.82) is 0 Å². The van der Waals surface area contributed by atoms with Crippen molar-refractivity contribution in [2.45, 2.75) is 33.4 Å². The van der Waals surface area contributed by atoms with E-state index >= 15 is 0 Å². The van der Waals surface area contributed by atoms with E-state index in [-0.39, 0.29) is 18.2 Å². The van der Waals surface area contributed by atoms with E-state index < -0.39 is 0 Å². The molecule has 0 aliphatic heterocycles. The molecular formula is C19H24Cl2FNO. The van der Waals surface area contributed by atoms with Gasteiger partial charge >= 0.3 is 0 Å². The number of hydrogen-bond acceptors (Lipinski definition) is 2. The van der Waals surface area contributed by atoms with Crippen LogP contribution in [-0.2, 0) is 13.2 Å². The topological polar surface area (TPSA) is 21.3 Å². The SMILES string of the molecule is CC(C)CCNCc1cc(Cl)ccc1OCc1ccc(F)cc1.Cl. The second kappa shape index (κ2) is 10.5. The average Bonchev–Trinajstić information content (AvgIpc) is 2.52. The summed E-state index contributed by atoms with van der Waals surface area (Å²) in [7, 11) is 0. The summed E-state index contributed by atoms with van der Waals surface area (Å²) in [6.45, 7) is 6.49. The molecule has 0 radical (unpaired) electrons. The molecule has 1 N–H and O–H groups in total. The summed E-state index contributed by atoms with van der Waals surface area (Å²) in [5, 5.41) is 4.11. The van der Waals surface area contributed by atoms with Crippen molar-refractivity contribution in [3.05, 3.63) is 64.4 Å². The highest BCUT2D eigenvalue weighted by molar-refractivity contribution is 6.30. The van der Waals surface area contributed by atoms with E-state index in [9.17, 15) is 4.39 Å². The van der Waals surface area contributed by atoms with Crippen molar-refractivity contribution >= 4 is 24.0 Å². The van der Waals surface area contributed by atoms with Gasteiger partial charge in [-0.15, -0.1) is 12.4 Å². The molecule has 2 aromatic rings. The molecule has 132 valence electrons. The molecule has 0 atom stereocenters. The molecule has 2 rings (SSSR count). The number of nitrogens with one attached hydrogen (secondary N) is 1. The Hall–Kier alpha value is -1.29. The fourth-order valence-corrected chi connectivity index (χ4v) is 2.38. The Morgan fingerprint density at radius 1 is 1.12 bits per heavy atom. The zero-order valence-corrected chi connectivity index (χ0v) is 15.6. The van der Waals surface area contributed by atoms with Crippen LogP contribution in [0.25, 0.3) is 0 Å². The standard InChI is InChI=1S/C19H23ClFNO.ClH/c1-14(2)9-10-22-12-16-11-17(20)5-8-19(16)23-13-15-3-6-18(21)7-4-15;/h3-8,11,14,22H,9-10,12-13H2,1-2H3;1H. The molecule has 5 heteroatoms. The molecule has 24 heavy (non-hydrogen) atoms. The van der Waals surface area contributed by atoms with Crippen LogP contribution in [0.4, 0.5) is 4.39 Å². The summed E-state index contributed by atoms with van der Waals surface area (Å²) in [5.41, 5.74) is 1.96. The van der Waals surface area contributed by atoms with Gasteiger partial charge in [-0.25, -0.2) is 4.39 Å². The predicted molar refractivity (Wildman–Crippen MR) is 101 cm³/mol. The van der Waals surface area contributed by atoms with Crippen LogP contribution in [0.2, 0.25) is 5.02 Å². The Balaban J connectivity index is 0.00000288. The molecule has 0 saturated carbocycles. The summed E-state index contributed by atoms with van der Waals surface area (Å²) < 4.78 is 18.8. The van der Waals surface area contributed by atoms with Gasteiger partial charge in [-0.1, -0.05) is 37.6 Å². The average molecular weight is 372 g/mol. The van der Waals surface area contributed by atoms with Crippen molar-refractivity contribution in [1.82, 2.24) is 5.32 Å². The molecule has 2 aromatic carbocycles. The molecular weight excluding hydrogens is 348 g/mol. The van der Waals surface area contributed by atoms with Gasteiger partial charge in [-0.3, -0.25) is 0 Å². The summed E-state index contributed by atoms with van der Waals surface area (Å²) >= 11 is 6.09. The quantitative estimate of drug-likeness (QED) is 0.608. The van der Waals surface area contributed by atoms with Gasteiger partial charge in [-0.2, -0.15) is 0 Å². The van der Waals surface area contributed by atoms with Gasteiger partial charge in [0.25, 0.3) is 0 Å². The molecule has 0 saturated heterocycles. The van der Waals surface area contributed by atoms with E-state index in [1.165, 1.54) is 12.1 Å². The molecule has 0 aliphatic rings. The van der Waals surface area contributed by atoms with Crippen LogP contribution in [0.3, 0.4) is 0 Å². The Labute approximate surface area is 154 Å². The van der Waals surface area contributed by atoms with E-state index in [2.05, 4.69) is 19.2 Å². The lowest BCUT2D eigenvalue weighted by molar-refractivity contribution is 0.302. The largest absolute Gasteiger partial charge is 0.489 e. The minimum absolute atomic E-state index is 0. The van der Waals surface area contributed by atoms with Crippen molar-refractivity contribution in [2.24, 2.45) is 5.92 Å². The van der Waals surface area contributed by atoms with Gasteiger partial charge in [0.1, 0.15) is 18.2 Å². The second-order valence-electron chi connectivity index (χ2n) is 6.03. The van der Waals surface area contributed by atoms with Crippen molar-refractivity contribution in [2.75, 3.05) is 6.54 Å². The van der Waals surface area contributed by atoms with Crippen LogP contribution >= 0.6 is 24.0 Å². The summed E-state index contributed by atoms with van der Waals surface area (Å²) in [6, 6.07) is 12.0. The van der Waals surface area contributed by atoms with E-state index in [0.717, 1.165) is 29.8 Å². The maximum Gasteiger partial charge on any atom is 0.124 e. The van der Waals surface area contributed by atoms with Gasteiger partial charge in [-0.05, 0) is 54.8 Å². The van der Waals surface area contributed by atoms with E-state index in [4.69, 9.17) is 16.3 Å². The van der Waals surface area contributed by atoms with Crippen LogP contribution in [-0.4, -0.2) is 6.54 Å². The Kier molecular flexibility index (Phi) is 9.12. The van der Waals surface area contributed by atoms with E-state index in [1.54, 1.807) is 12.1 Å². The van der Waals surface area contributed by atoms with Crippen molar-refractivity contribution in [3.63, 3.8) is 0 Å². The first-order valence-corrected chi connectivity index (χ1v) is 8.29. The maximum atomic E-state index is 12.9. The lowest BCUT2D eigenvalue weighted by atomic mass is 10.1. The molecule has 0 unspecified atom stereocenters. The second-order valence-corrected chi connectivity index (χ2v) is 6.46. The van der Waals surface area contributed by atoms with Crippen molar-refractivity contribution in [3.8, 4) is 5.75 Å². The summed E-state index contributed by atoms with van der Waals surface area (Å²) in [4.78, 5) is 0. The molecule has 0 heterocycles. The molecule has 0 fully saturated rings. The maximum absolute atomic E-state index is 12.9. The van der Waals surface area contributed by atoms with Crippen LogP contribution in [0.1, 0.15) is 31.4 Å². The number of ether oxygens (including phenoxy) is 1. The molecule has 0 aromatic heterocycles. The number of hydrogen-bond donors (Lipinski definition) is 1.